The van der Waals surface area contributed by atoms with Gasteiger partial charge in [0.2, 0.25) is 5.91 Å². The topological polar surface area (TPSA) is 70.7 Å². The average Bonchev–Trinajstić information content (AvgIpc) is 3.27. The molecule has 3 rings (SSSR count). The van der Waals surface area contributed by atoms with Crippen LogP contribution in [0.2, 0.25) is 0 Å². The summed E-state index contributed by atoms with van der Waals surface area (Å²) in [6.45, 7) is 10.1. The maximum Gasteiger partial charge on any atom is 0.258 e. The fourth-order valence-electron chi connectivity index (χ4n) is 4.00. The lowest BCUT2D eigenvalue weighted by atomic mass is 10.0. The van der Waals surface area contributed by atoms with Gasteiger partial charge in [-0.25, -0.2) is 0 Å². The van der Waals surface area contributed by atoms with Crippen molar-refractivity contribution >= 4 is 23.2 Å². The number of rotatable bonds is 9. The summed E-state index contributed by atoms with van der Waals surface area (Å²) >= 11 is 0. The summed E-state index contributed by atoms with van der Waals surface area (Å²) in [5, 5.41) is 5.80. The average molecular weight is 438 g/mol. The van der Waals surface area contributed by atoms with Crippen LogP contribution < -0.4 is 20.3 Å². The minimum absolute atomic E-state index is 0.0764. The third kappa shape index (κ3) is 6.74. The highest BCUT2D eigenvalue weighted by Gasteiger charge is 2.16. The van der Waals surface area contributed by atoms with Gasteiger partial charge in [0.1, 0.15) is 5.75 Å². The summed E-state index contributed by atoms with van der Waals surface area (Å²) in [6.07, 6.45) is 2.61. The van der Waals surface area contributed by atoms with Gasteiger partial charge < -0.3 is 20.3 Å². The molecule has 2 amide bonds. The molecule has 1 heterocycles. The van der Waals surface area contributed by atoms with Crippen molar-refractivity contribution in [3.8, 4) is 5.75 Å². The number of hydrogen-bond donors (Lipinski definition) is 2. The van der Waals surface area contributed by atoms with Gasteiger partial charge in [-0.05, 0) is 68.0 Å². The zero-order chi connectivity index (χ0) is 23.1. The second-order valence-electron chi connectivity index (χ2n) is 8.95. The second kappa shape index (κ2) is 11.0. The van der Waals surface area contributed by atoms with Crippen LogP contribution in [-0.4, -0.2) is 37.6 Å². The van der Waals surface area contributed by atoms with E-state index in [2.05, 4.69) is 35.4 Å². The Morgan fingerprint density at radius 3 is 2.50 bits per heavy atom. The number of ether oxygens (including phenoxy) is 1. The summed E-state index contributed by atoms with van der Waals surface area (Å²) in [5.74, 6) is 0.675. The number of amides is 2. The van der Waals surface area contributed by atoms with Gasteiger partial charge in [-0.3, -0.25) is 9.59 Å². The van der Waals surface area contributed by atoms with Crippen LogP contribution in [0.4, 0.5) is 11.4 Å². The highest BCUT2D eigenvalue weighted by Crippen LogP contribution is 2.27. The third-order valence-electron chi connectivity index (χ3n) is 5.65. The number of carbonyl (C=O) groups excluding carboxylic acids is 2. The van der Waals surface area contributed by atoms with E-state index in [0.717, 1.165) is 41.3 Å². The summed E-state index contributed by atoms with van der Waals surface area (Å²) in [4.78, 5) is 27.1. The highest BCUT2D eigenvalue weighted by atomic mass is 16.5. The number of hydrogen-bond acceptors (Lipinski definition) is 4. The van der Waals surface area contributed by atoms with E-state index in [1.807, 2.05) is 50.2 Å². The van der Waals surface area contributed by atoms with E-state index >= 15 is 0 Å². The minimum atomic E-state index is -0.296. The van der Waals surface area contributed by atoms with Gasteiger partial charge in [-0.15, -0.1) is 0 Å². The predicted molar refractivity (Wildman–Crippen MR) is 130 cm³/mol. The van der Waals surface area contributed by atoms with Gasteiger partial charge in [0.25, 0.3) is 5.91 Å². The fraction of sp³-hybridized carbons (Fsp3) is 0.462. The predicted octanol–water partition coefficient (Wildman–Crippen LogP) is 4.63. The Morgan fingerprint density at radius 2 is 1.78 bits per heavy atom. The summed E-state index contributed by atoms with van der Waals surface area (Å²) in [7, 11) is 0. The van der Waals surface area contributed by atoms with Gasteiger partial charge in [0.15, 0.2) is 6.61 Å². The van der Waals surface area contributed by atoms with Crippen molar-refractivity contribution in [2.75, 3.05) is 29.9 Å². The van der Waals surface area contributed by atoms with Crippen molar-refractivity contribution in [3.05, 3.63) is 53.6 Å². The molecule has 0 radical (unpaired) electrons. The Hall–Kier alpha value is -3.02. The molecule has 1 aliphatic rings. The largest absolute Gasteiger partial charge is 0.483 e. The van der Waals surface area contributed by atoms with Crippen molar-refractivity contribution in [2.24, 2.45) is 0 Å². The van der Waals surface area contributed by atoms with Crippen LogP contribution >= 0.6 is 0 Å². The van der Waals surface area contributed by atoms with E-state index in [1.165, 1.54) is 12.8 Å². The quantitative estimate of drug-likeness (QED) is 0.600. The van der Waals surface area contributed by atoms with Crippen molar-refractivity contribution < 1.29 is 14.3 Å². The SMILES string of the molecule is Cc1ccc(C(C)C)c(OCC(=O)NC(C)CC(=O)Nc2cccc(N3CCCC3)c2)c1. The Kier molecular flexibility index (Phi) is 8.14. The lowest BCUT2D eigenvalue weighted by Crippen LogP contribution is -2.38. The van der Waals surface area contributed by atoms with Crippen LogP contribution in [0.15, 0.2) is 42.5 Å². The number of carbonyl (C=O) groups is 2. The summed E-state index contributed by atoms with van der Waals surface area (Å²) in [6, 6.07) is 13.7. The van der Waals surface area contributed by atoms with Crippen LogP contribution in [-0.2, 0) is 9.59 Å². The van der Waals surface area contributed by atoms with Crippen molar-refractivity contribution in [3.63, 3.8) is 0 Å². The van der Waals surface area contributed by atoms with E-state index in [-0.39, 0.29) is 30.9 Å². The molecule has 2 aromatic carbocycles. The van der Waals surface area contributed by atoms with Crippen molar-refractivity contribution in [1.29, 1.82) is 0 Å². The molecule has 1 aliphatic heterocycles. The van der Waals surface area contributed by atoms with E-state index in [0.29, 0.717) is 5.92 Å². The third-order valence-corrected chi connectivity index (χ3v) is 5.65. The zero-order valence-electron chi connectivity index (χ0n) is 19.6. The Balaban J connectivity index is 1.46. The fourth-order valence-corrected chi connectivity index (χ4v) is 4.00. The molecule has 0 aromatic heterocycles. The number of nitrogens with one attached hydrogen (secondary N) is 2. The Bertz CT molecular complexity index is 936. The molecule has 1 fully saturated rings. The molecule has 0 bridgehead atoms. The van der Waals surface area contributed by atoms with Crippen molar-refractivity contribution in [1.82, 2.24) is 5.32 Å². The van der Waals surface area contributed by atoms with Crippen LogP contribution in [0.25, 0.3) is 0 Å². The Labute approximate surface area is 191 Å². The van der Waals surface area contributed by atoms with Gasteiger partial charge in [-0.1, -0.05) is 32.0 Å². The Morgan fingerprint density at radius 1 is 1.03 bits per heavy atom. The maximum absolute atomic E-state index is 12.5. The monoisotopic (exact) mass is 437 g/mol. The molecular formula is C26H35N3O3. The first-order valence-electron chi connectivity index (χ1n) is 11.5. The molecule has 0 aliphatic carbocycles. The number of anilines is 2. The summed E-state index contributed by atoms with van der Waals surface area (Å²) < 4.78 is 5.79. The van der Waals surface area contributed by atoms with Crippen LogP contribution in [0.3, 0.4) is 0 Å². The molecule has 0 spiro atoms. The molecule has 32 heavy (non-hydrogen) atoms. The smallest absolute Gasteiger partial charge is 0.258 e. The molecule has 6 nitrogen and oxygen atoms in total. The van der Waals surface area contributed by atoms with E-state index in [1.54, 1.807) is 0 Å². The number of benzene rings is 2. The highest BCUT2D eigenvalue weighted by molar-refractivity contribution is 5.92. The van der Waals surface area contributed by atoms with Crippen molar-refractivity contribution in [2.45, 2.75) is 58.9 Å². The maximum atomic E-state index is 12.5. The molecule has 2 N–H and O–H groups in total. The first kappa shape index (κ1) is 23.6. The van der Waals surface area contributed by atoms with Crippen LogP contribution in [0.1, 0.15) is 57.1 Å². The van der Waals surface area contributed by atoms with Crippen LogP contribution in [0.5, 0.6) is 5.75 Å². The lowest BCUT2D eigenvalue weighted by molar-refractivity contribution is -0.124. The second-order valence-corrected chi connectivity index (χ2v) is 8.95. The van der Waals surface area contributed by atoms with Gasteiger partial charge in [0.05, 0.1) is 0 Å². The minimum Gasteiger partial charge on any atom is -0.483 e. The molecule has 172 valence electrons. The molecule has 2 aromatic rings. The van der Waals surface area contributed by atoms with E-state index in [4.69, 9.17) is 4.74 Å². The lowest BCUT2D eigenvalue weighted by Gasteiger charge is -2.19. The number of aryl methyl sites for hydroxylation is 1. The van der Waals surface area contributed by atoms with Gasteiger partial charge in [-0.2, -0.15) is 0 Å². The van der Waals surface area contributed by atoms with Gasteiger partial charge in [0, 0.05) is 36.9 Å². The molecule has 1 saturated heterocycles. The standard InChI is InChI=1S/C26H35N3O3/c1-18(2)23-11-10-19(3)14-24(23)32-17-26(31)27-20(4)15-25(30)28-21-8-7-9-22(16-21)29-12-5-6-13-29/h7-11,14,16,18,20H,5-6,12-13,15,17H2,1-4H3,(H,27,31)(H,28,30). The zero-order valence-corrected chi connectivity index (χ0v) is 19.6. The van der Waals surface area contributed by atoms with E-state index in [9.17, 15) is 9.59 Å². The first-order chi connectivity index (χ1) is 15.3. The van der Waals surface area contributed by atoms with Gasteiger partial charge >= 0.3 is 0 Å². The molecular weight excluding hydrogens is 402 g/mol. The first-order valence-corrected chi connectivity index (χ1v) is 11.5. The molecule has 0 saturated carbocycles. The van der Waals surface area contributed by atoms with Crippen LogP contribution in [0, 0.1) is 6.92 Å². The summed E-state index contributed by atoms with van der Waals surface area (Å²) in [5.41, 5.74) is 4.08. The van der Waals surface area contributed by atoms with E-state index < -0.39 is 0 Å². The molecule has 1 unspecified atom stereocenters. The normalized spacial score (nSPS) is 14.3. The molecule has 6 heteroatoms. The number of nitrogens with zero attached hydrogens (tertiary/aromatic N) is 1. The molecule has 1 atom stereocenters.